The van der Waals surface area contributed by atoms with Crippen LogP contribution in [0.3, 0.4) is 0 Å². The summed E-state index contributed by atoms with van der Waals surface area (Å²) in [5, 5.41) is 0. The molecule has 0 spiro atoms. The van der Waals surface area contributed by atoms with Gasteiger partial charge in [-0.05, 0) is 18.9 Å². The van der Waals surface area contributed by atoms with E-state index in [1.807, 2.05) is 6.08 Å². The highest BCUT2D eigenvalue weighted by Gasteiger charge is 2.17. The van der Waals surface area contributed by atoms with Crippen molar-refractivity contribution >= 4 is 5.78 Å². The predicted molar refractivity (Wildman–Crippen MR) is 60.2 cm³/mol. The van der Waals surface area contributed by atoms with Gasteiger partial charge in [0.15, 0.2) is 5.78 Å². The van der Waals surface area contributed by atoms with E-state index < -0.39 is 0 Å². The molecule has 0 bridgehead atoms. The van der Waals surface area contributed by atoms with Crippen LogP contribution in [0.2, 0.25) is 0 Å². The minimum Gasteiger partial charge on any atom is -0.290 e. The first-order valence-electron chi connectivity index (χ1n) is 5.68. The van der Waals surface area contributed by atoms with Crippen LogP contribution in [-0.4, -0.2) is 5.78 Å². The van der Waals surface area contributed by atoms with Gasteiger partial charge in [0, 0.05) is 11.5 Å². The monoisotopic (exact) mass is 192 g/mol. The Hall–Kier alpha value is -0.850. The second-order valence-corrected chi connectivity index (χ2v) is 4.02. The molecule has 0 heterocycles. The molecule has 0 radical (unpaired) electrons. The Morgan fingerprint density at radius 3 is 2.71 bits per heavy atom. The topological polar surface area (TPSA) is 17.1 Å². The summed E-state index contributed by atoms with van der Waals surface area (Å²) in [6.07, 6.45) is 12.0. The van der Waals surface area contributed by atoms with Crippen LogP contribution in [0, 0.1) is 5.92 Å². The first-order valence-corrected chi connectivity index (χ1v) is 5.68. The Balaban J connectivity index is 2.27. The molecule has 0 aromatic heterocycles. The largest absolute Gasteiger partial charge is 0.290 e. The van der Waals surface area contributed by atoms with Crippen LogP contribution in [0.25, 0.3) is 0 Å². The maximum absolute atomic E-state index is 11.3. The summed E-state index contributed by atoms with van der Waals surface area (Å²) in [5.41, 5.74) is 1.00. The van der Waals surface area contributed by atoms with Crippen LogP contribution < -0.4 is 0 Å². The van der Waals surface area contributed by atoms with E-state index in [1.165, 1.54) is 25.7 Å². The van der Waals surface area contributed by atoms with Crippen molar-refractivity contribution in [1.29, 1.82) is 0 Å². The molecule has 0 aromatic rings. The second kappa shape index (κ2) is 5.79. The fourth-order valence-corrected chi connectivity index (χ4v) is 1.77. The van der Waals surface area contributed by atoms with Crippen molar-refractivity contribution in [2.75, 3.05) is 0 Å². The minimum absolute atomic E-state index is 0.216. The molecular formula is C13H20O. The van der Waals surface area contributed by atoms with Crippen LogP contribution in [0.15, 0.2) is 23.8 Å². The molecule has 0 saturated carbocycles. The number of carbonyl (C=O) groups excluding carboxylic acids is 1. The third kappa shape index (κ3) is 3.13. The number of ketones is 1. The molecule has 14 heavy (non-hydrogen) atoms. The van der Waals surface area contributed by atoms with Crippen molar-refractivity contribution in [1.82, 2.24) is 0 Å². The maximum Gasteiger partial charge on any atom is 0.181 e. The standard InChI is InChI=1S/C13H20O/c1-3-4-5-6-7-8-12-11(2)9-10-13(12)14/h8-11H,3-7H2,1-2H3/b12-8+. The first-order chi connectivity index (χ1) is 6.75. The van der Waals surface area contributed by atoms with Gasteiger partial charge in [0.2, 0.25) is 0 Å². The van der Waals surface area contributed by atoms with Gasteiger partial charge in [0.1, 0.15) is 0 Å². The summed E-state index contributed by atoms with van der Waals surface area (Å²) in [6, 6.07) is 0. The van der Waals surface area contributed by atoms with E-state index in [0.717, 1.165) is 12.0 Å². The second-order valence-electron chi connectivity index (χ2n) is 4.02. The van der Waals surface area contributed by atoms with Crippen LogP contribution in [0.4, 0.5) is 0 Å². The summed E-state index contributed by atoms with van der Waals surface area (Å²) in [4.78, 5) is 11.3. The predicted octanol–water partition coefficient (Wildman–Crippen LogP) is 3.66. The Bertz CT molecular complexity index is 248. The zero-order valence-electron chi connectivity index (χ0n) is 9.25. The Labute approximate surface area is 86.9 Å². The summed E-state index contributed by atoms with van der Waals surface area (Å²) in [6.45, 7) is 4.30. The van der Waals surface area contributed by atoms with Gasteiger partial charge in [0.05, 0.1) is 0 Å². The average molecular weight is 192 g/mol. The highest BCUT2D eigenvalue weighted by Crippen LogP contribution is 2.21. The number of rotatable bonds is 5. The number of hydrogen-bond acceptors (Lipinski definition) is 1. The molecule has 1 rings (SSSR count). The molecule has 0 aliphatic heterocycles. The number of carbonyl (C=O) groups is 1. The number of unbranched alkanes of at least 4 members (excludes halogenated alkanes) is 4. The van der Waals surface area contributed by atoms with E-state index in [1.54, 1.807) is 6.08 Å². The van der Waals surface area contributed by atoms with E-state index >= 15 is 0 Å². The molecule has 0 amide bonds. The lowest BCUT2D eigenvalue weighted by atomic mass is 10.0. The number of allylic oxidation sites excluding steroid dienone is 4. The highest BCUT2D eigenvalue weighted by molar-refractivity contribution is 6.07. The van der Waals surface area contributed by atoms with Crippen molar-refractivity contribution < 1.29 is 4.79 Å². The lowest BCUT2D eigenvalue weighted by molar-refractivity contribution is -0.111. The Morgan fingerprint density at radius 2 is 2.14 bits per heavy atom. The Morgan fingerprint density at radius 1 is 1.36 bits per heavy atom. The fourth-order valence-electron chi connectivity index (χ4n) is 1.77. The van der Waals surface area contributed by atoms with Gasteiger partial charge < -0.3 is 0 Å². The minimum atomic E-state index is 0.216. The Kier molecular flexibility index (Phi) is 4.64. The molecule has 1 aliphatic rings. The molecule has 1 nitrogen and oxygen atoms in total. The fraction of sp³-hybridized carbons (Fsp3) is 0.615. The zero-order chi connectivity index (χ0) is 10.4. The molecule has 1 unspecified atom stereocenters. The van der Waals surface area contributed by atoms with E-state index in [2.05, 4.69) is 19.9 Å². The van der Waals surface area contributed by atoms with Gasteiger partial charge in [-0.2, -0.15) is 0 Å². The summed E-state index contributed by atoms with van der Waals surface area (Å²) in [5.74, 6) is 0.557. The molecule has 1 aliphatic carbocycles. The van der Waals surface area contributed by atoms with Crippen molar-refractivity contribution in [2.24, 2.45) is 5.92 Å². The maximum atomic E-state index is 11.3. The van der Waals surface area contributed by atoms with Gasteiger partial charge in [-0.1, -0.05) is 45.3 Å². The van der Waals surface area contributed by atoms with E-state index in [-0.39, 0.29) is 5.78 Å². The average Bonchev–Trinajstić information content (AvgIpc) is 2.48. The quantitative estimate of drug-likeness (QED) is 0.480. The molecule has 0 saturated heterocycles. The van der Waals surface area contributed by atoms with Crippen molar-refractivity contribution in [3.8, 4) is 0 Å². The lowest BCUT2D eigenvalue weighted by Crippen LogP contribution is -1.98. The molecule has 1 atom stereocenters. The smallest absolute Gasteiger partial charge is 0.181 e. The summed E-state index contributed by atoms with van der Waals surface area (Å²) >= 11 is 0. The lowest BCUT2D eigenvalue weighted by Gasteiger charge is -2.02. The van der Waals surface area contributed by atoms with Crippen molar-refractivity contribution in [3.63, 3.8) is 0 Å². The van der Waals surface area contributed by atoms with E-state index in [9.17, 15) is 4.79 Å². The van der Waals surface area contributed by atoms with Crippen LogP contribution in [0.1, 0.15) is 46.0 Å². The molecule has 1 heteroatoms. The number of hydrogen-bond donors (Lipinski definition) is 0. The van der Waals surface area contributed by atoms with E-state index in [0.29, 0.717) is 5.92 Å². The van der Waals surface area contributed by atoms with Gasteiger partial charge >= 0.3 is 0 Å². The highest BCUT2D eigenvalue weighted by atomic mass is 16.1. The van der Waals surface area contributed by atoms with Crippen LogP contribution in [-0.2, 0) is 4.79 Å². The third-order valence-corrected chi connectivity index (χ3v) is 2.73. The van der Waals surface area contributed by atoms with Gasteiger partial charge in [-0.3, -0.25) is 4.79 Å². The molecule has 0 fully saturated rings. The van der Waals surface area contributed by atoms with Crippen LogP contribution in [0.5, 0.6) is 0 Å². The normalized spacial score (nSPS) is 23.7. The molecular weight excluding hydrogens is 172 g/mol. The molecule has 78 valence electrons. The summed E-state index contributed by atoms with van der Waals surface area (Å²) < 4.78 is 0. The van der Waals surface area contributed by atoms with Gasteiger partial charge in [-0.25, -0.2) is 0 Å². The SMILES string of the molecule is CCCCCC/C=C1/C(=O)C=CC1C. The van der Waals surface area contributed by atoms with Gasteiger partial charge in [0.25, 0.3) is 0 Å². The summed E-state index contributed by atoms with van der Waals surface area (Å²) in [7, 11) is 0. The zero-order valence-corrected chi connectivity index (χ0v) is 9.25. The molecule has 0 aromatic carbocycles. The van der Waals surface area contributed by atoms with Crippen LogP contribution >= 0.6 is 0 Å². The van der Waals surface area contributed by atoms with Crippen molar-refractivity contribution in [2.45, 2.75) is 46.0 Å². The van der Waals surface area contributed by atoms with E-state index in [4.69, 9.17) is 0 Å². The third-order valence-electron chi connectivity index (χ3n) is 2.73. The molecule has 0 N–H and O–H groups in total. The first kappa shape index (κ1) is 11.2. The van der Waals surface area contributed by atoms with Crippen molar-refractivity contribution in [3.05, 3.63) is 23.8 Å². The van der Waals surface area contributed by atoms with Gasteiger partial charge in [-0.15, -0.1) is 0 Å².